The zero-order chi connectivity index (χ0) is 19.4. The molecule has 142 valence electrons. The lowest BCUT2D eigenvalue weighted by atomic mass is 10.1. The van der Waals surface area contributed by atoms with Gasteiger partial charge in [-0.1, -0.05) is 35.6 Å². The Bertz CT molecular complexity index is 936. The first-order valence-corrected chi connectivity index (χ1v) is 9.93. The van der Waals surface area contributed by atoms with Crippen molar-refractivity contribution in [2.45, 2.75) is 13.3 Å². The summed E-state index contributed by atoms with van der Waals surface area (Å²) in [4.78, 5) is 21.3. The van der Waals surface area contributed by atoms with Gasteiger partial charge in [0.2, 0.25) is 0 Å². The Morgan fingerprint density at radius 2 is 1.96 bits per heavy atom. The number of ether oxygens (including phenoxy) is 1. The summed E-state index contributed by atoms with van der Waals surface area (Å²) in [5.74, 6) is 0.515. The minimum atomic E-state index is -0.0714. The van der Waals surface area contributed by atoms with E-state index in [4.69, 9.17) is 9.72 Å². The summed E-state index contributed by atoms with van der Waals surface area (Å²) in [6, 6.07) is 13.5. The molecule has 6 heteroatoms. The topological polar surface area (TPSA) is 46.9 Å². The van der Waals surface area contributed by atoms with Crippen molar-refractivity contribution in [2.24, 2.45) is 0 Å². The molecule has 3 aromatic rings. The van der Waals surface area contributed by atoms with Crippen LogP contribution >= 0.6 is 11.3 Å². The lowest BCUT2D eigenvalue weighted by Gasteiger charge is -2.21. The predicted molar refractivity (Wildman–Crippen MR) is 111 cm³/mol. The molecule has 5 nitrogen and oxygen atoms in total. The molecule has 0 atom stereocenters. The second-order valence-corrected chi connectivity index (χ2v) is 7.89. The number of quaternary nitrogens is 1. The van der Waals surface area contributed by atoms with Crippen LogP contribution in [0.4, 0.5) is 5.13 Å². The fraction of sp³-hybridized carbons (Fsp3) is 0.333. The normalized spacial score (nSPS) is 11.1. The van der Waals surface area contributed by atoms with E-state index in [0.717, 1.165) is 33.9 Å². The molecule has 2 aromatic carbocycles. The summed E-state index contributed by atoms with van der Waals surface area (Å²) >= 11 is 1.56. The smallest absolute Gasteiger partial charge is 0.263 e. The number of benzene rings is 2. The quantitative estimate of drug-likeness (QED) is 0.681. The van der Waals surface area contributed by atoms with Gasteiger partial charge in [0.15, 0.2) is 5.13 Å². The minimum Gasteiger partial charge on any atom is -0.496 e. The van der Waals surface area contributed by atoms with Crippen LogP contribution in [0.15, 0.2) is 42.5 Å². The Kier molecular flexibility index (Phi) is 6.08. The number of hydrogen-bond donors (Lipinski definition) is 1. The molecule has 0 aliphatic heterocycles. The van der Waals surface area contributed by atoms with E-state index < -0.39 is 0 Å². The second kappa shape index (κ2) is 8.50. The van der Waals surface area contributed by atoms with Crippen molar-refractivity contribution < 1.29 is 14.4 Å². The second-order valence-electron chi connectivity index (χ2n) is 6.89. The van der Waals surface area contributed by atoms with Gasteiger partial charge in [-0.15, -0.1) is 0 Å². The third-order valence-electron chi connectivity index (χ3n) is 4.48. The summed E-state index contributed by atoms with van der Waals surface area (Å²) < 4.78 is 6.50. The average molecular weight is 385 g/mol. The van der Waals surface area contributed by atoms with E-state index >= 15 is 0 Å². The Hall–Kier alpha value is -2.44. The molecule has 1 heterocycles. The lowest BCUT2D eigenvalue weighted by Crippen LogP contribution is -3.05. The number of fused-ring (bicyclic) bond motifs is 1. The van der Waals surface area contributed by atoms with Crippen molar-refractivity contribution in [2.75, 3.05) is 39.2 Å². The van der Waals surface area contributed by atoms with Crippen LogP contribution in [0.3, 0.4) is 0 Å². The first kappa shape index (κ1) is 19.3. The molecule has 0 spiro atoms. The molecule has 1 amide bonds. The van der Waals surface area contributed by atoms with Crippen LogP contribution in [-0.4, -0.2) is 45.2 Å². The van der Waals surface area contributed by atoms with Gasteiger partial charge in [0.25, 0.3) is 5.91 Å². The molecule has 0 radical (unpaired) electrons. The van der Waals surface area contributed by atoms with Crippen molar-refractivity contribution >= 4 is 32.6 Å². The predicted octanol–water partition coefficient (Wildman–Crippen LogP) is 2.79. The summed E-state index contributed by atoms with van der Waals surface area (Å²) in [6.45, 7) is 3.66. The number of aryl methyl sites for hydroxylation is 1. The average Bonchev–Trinajstić information content (AvgIpc) is 3.10. The van der Waals surface area contributed by atoms with Gasteiger partial charge in [-0.3, -0.25) is 9.69 Å². The van der Waals surface area contributed by atoms with E-state index in [2.05, 4.69) is 20.2 Å². The number of aromatic nitrogens is 1. The van der Waals surface area contributed by atoms with Gasteiger partial charge in [0, 0.05) is 13.0 Å². The molecule has 0 saturated carbocycles. The molecular formula is C21H26N3O2S+. The number of nitrogens with zero attached hydrogens (tertiary/aromatic N) is 2. The van der Waals surface area contributed by atoms with Crippen LogP contribution in [0.2, 0.25) is 0 Å². The highest BCUT2D eigenvalue weighted by Gasteiger charge is 2.24. The fourth-order valence-electron chi connectivity index (χ4n) is 3.03. The molecule has 0 fully saturated rings. The van der Waals surface area contributed by atoms with E-state index in [0.29, 0.717) is 17.9 Å². The van der Waals surface area contributed by atoms with Crippen LogP contribution in [0.25, 0.3) is 10.2 Å². The van der Waals surface area contributed by atoms with Crippen LogP contribution in [-0.2, 0) is 0 Å². The Morgan fingerprint density at radius 3 is 2.67 bits per heavy atom. The monoisotopic (exact) mass is 384 g/mol. The number of hydrogen-bond acceptors (Lipinski definition) is 4. The van der Waals surface area contributed by atoms with Gasteiger partial charge in [-0.2, -0.15) is 0 Å². The molecule has 1 aromatic heterocycles. The maximum Gasteiger partial charge on any atom is 0.263 e. The van der Waals surface area contributed by atoms with Gasteiger partial charge in [0.05, 0.1) is 43.5 Å². The molecule has 0 bridgehead atoms. The third kappa shape index (κ3) is 4.28. The first-order valence-electron chi connectivity index (χ1n) is 9.11. The highest BCUT2D eigenvalue weighted by Crippen LogP contribution is 2.32. The van der Waals surface area contributed by atoms with E-state index in [1.807, 2.05) is 43.3 Å². The number of methoxy groups -OCH3 is 1. The maximum atomic E-state index is 13.4. The minimum absolute atomic E-state index is 0.0714. The van der Waals surface area contributed by atoms with Crippen molar-refractivity contribution in [1.82, 2.24) is 4.98 Å². The van der Waals surface area contributed by atoms with E-state index in [1.165, 1.54) is 4.90 Å². The summed E-state index contributed by atoms with van der Waals surface area (Å²) in [6.07, 6.45) is 0.901. The Balaban J connectivity index is 1.99. The zero-order valence-corrected chi connectivity index (χ0v) is 17.1. The number of thiazole rings is 1. The van der Waals surface area contributed by atoms with Crippen LogP contribution in [0, 0.1) is 6.92 Å². The van der Waals surface area contributed by atoms with Crippen LogP contribution < -0.4 is 14.5 Å². The van der Waals surface area contributed by atoms with Crippen molar-refractivity contribution in [1.29, 1.82) is 0 Å². The first-order chi connectivity index (χ1) is 13.0. The van der Waals surface area contributed by atoms with Crippen molar-refractivity contribution in [3.63, 3.8) is 0 Å². The molecule has 27 heavy (non-hydrogen) atoms. The Labute approximate surface area is 164 Å². The van der Waals surface area contributed by atoms with Crippen molar-refractivity contribution in [3.8, 4) is 5.75 Å². The van der Waals surface area contributed by atoms with Gasteiger partial charge in [0.1, 0.15) is 5.75 Å². The van der Waals surface area contributed by atoms with Crippen LogP contribution in [0.1, 0.15) is 22.3 Å². The molecule has 0 aliphatic carbocycles. The SMILES string of the molecule is COc1ccccc1C(=O)N(CCC[NH+](C)C)c1nc2c(C)cccc2s1. The number of nitrogens with one attached hydrogen (secondary N) is 1. The van der Waals surface area contributed by atoms with E-state index in [-0.39, 0.29) is 5.91 Å². The lowest BCUT2D eigenvalue weighted by molar-refractivity contribution is -0.858. The number of carbonyl (C=O) groups is 1. The molecule has 3 rings (SSSR count). The fourth-order valence-corrected chi connectivity index (χ4v) is 4.10. The maximum absolute atomic E-state index is 13.4. The standard InChI is InChI=1S/C21H25N3O2S/c1-15-9-7-12-18-19(15)22-21(27-18)24(14-8-13-23(2)3)20(25)16-10-5-6-11-17(16)26-4/h5-7,9-12H,8,13-14H2,1-4H3/p+1. The largest absolute Gasteiger partial charge is 0.496 e. The van der Waals surface area contributed by atoms with Gasteiger partial charge in [-0.25, -0.2) is 4.98 Å². The third-order valence-corrected chi connectivity index (χ3v) is 5.52. The van der Waals surface area contributed by atoms with Gasteiger partial charge >= 0.3 is 0 Å². The van der Waals surface area contributed by atoms with Gasteiger partial charge in [-0.05, 0) is 30.7 Å². The van der Waals surface area contributed by atoms with E-state index in [9.17, 15) is 4.79 Å². The van der Waals surface area contributed by atoms with Crippen LogP contribution in [0.5, 0.6) is 5.75 Å². The number of amides is 1. The highest BCUT2D eigenvalue weighted by atomic mass is 32.1. The summed E-state index contributed by atoms with van der Waals surface area (Å²) in [5.41, 5.74) is 2.65. The highest BCUT2D eigenvalue weighted by molar-refractivity contribution is 7.22. The Morgan fingerprint density at radius 1 is 1.19 bits per heavy atom. The molecule has 1 N–H and O–H groups in total. The number of para-hydroxylation sites is 2. The number of anilines is 1. The number of rotatable bonds is 7. The molecule has 0 unspecified atom stereocenters. The summed E-state index contributed by atoms with van der Waals surface area (Å²) in [5, 5.41) is 0.740. The number of carbonyl (C=O) groups excluding carboxylic acids is 1. The van der Waals surface area contributed by atoms with E-state index in [1.54, 1.807) is 23.3 Å². The van der Waals surface area contributed by atoms with Gasteiger partial charge < -0.3 is 9.64 Å². The zero-order valence-electron chi connectivity index (χ0n) is 16.3. The van der Waals surface area contributed by atoms with Crippen molar-refractivity contribution in [3.05, 3.63) is 53.6 Å². The molecule has 0 aliphatic rings. The molecular weight excluding hydrogens is 358 g/mol. The molecule has 0 saturated heterocycles. The summed E-state index contributed by atoms with van der Waals surface area (Å²) in [7, 11) is 5.83.